The predicted molar refractivity (Wildman–Crippen MR) is 115 cm³/mol. The molecule has 150 valence electrons. The van der Waals surface area contributed by atoms with Crippen molar-refractivity contribution in [3.05, 3.63) is 77.1 Å². The zero-order valence-corrected chi connectivity index (χ0v) is 17.7. The maximum atomic E-state index is 13.3. The van der Waals surface area contributed by atoms with Crippen LogP contribution in [0.15, 0.2) is 65.7 Å². The number of para-hydroxylation sites is 2. The van der Waals surface area contributed by atoms with Gasteiger partial charge in [0.25, 0.3) is 0 Å². The fraction of sp³-hybridized carbons (Fsp3) is 0.273. The van der Waals surface area contributed by atoms with Crippen molar-refractivity contribution < 1.29 is 8.42 Å². The second-order valence-corrected chi connectivity index (χ2v) is 10.1. The van der Waals surface area contributed by atoms with E-state index in [1.54, 1.807) is 29.4 Å². The average molecular weight is 428 g/mol. The molecule has 29 heavy (non-hydrogen) atoms. The number of nitrogens with one attached hydrogen (secondary N) is 1. The number of fused-ring (bicyclic) bond motifs is 4. The summed E-state index contributed by atoms with van der Waals surface area (Å²) >= 11 is 6.07. The minimum atomic E-state index is -3.58. The summed E-state index contributed by atoms with van der Waals surface area (Å²) in [5.74, 6) is 0. The van der Waals surface area contributed by atoms with E-state index in [0.717, 1.165) is 11.4 Å². The minimum Gasteiger partial charge on any atom is -0.372 e. The van der Waals surface area contributed by atoms with Crippen LogP contribution in [0.25, 0.3) is 5.69 Å². The Balaban J connectivity index is 1.46. The van der Waals surface area contributed by atoms with E-state index < -0.39 is 10.0 Å². The van der Waals surface area contributed by atoms with E-state index in [2.05, 4.69) is 40.3 Å². The Bertz CT molecular complexity index is 1190. The van der Waals surface area contributed by atoms with Gasteiger partial charge in [0.05, 0.1) is 21.8 Å². The average Bonchev–Trinajstić information content (AvgIpc) is 3.22. The highest BCUT2D eigenvalue weighted by molar-refractivity contribution is 7.89. The van der Waals surface area contributed by atoms with E-state index in [4.69, 9.17) is 11.6 Å². The summed E-state index contributed by atoms with van der Waals surface area (Å²) in [6, 6.07) is 17.5. The van der Waals surface area contributed by atoms with Crippen molar-refractivity contribution in [3.8, 4) is 5.69 Å². The smallest absolute Gasteiger partial charge is 0.243 e. The molecule has 2 aromatic carbocycles. The summed E-state index contributed by atoms with van der Waals surface area (Å²) < 4.78 is 30.3. The van der Waals surface area contributed by atoms with Crippen LogP contribution in [0.1, 0.15) is 24.1 Å². The number of aryl methyl sites for hydroxylation is 1. The lowest BCUT2D eigenvalue weighted by Crippen LogP contribution is -2.51. The van der Waals surface area contributed by atoms with E-state index in [1.807, 2.05) is 12.1 Å². The highest BCUT2D eigenvalue weighted by Gasteiger charge is 2.43. The van der Waals surface area contributed by atoms with Crippen LogP contribution < -0.4 is 5.32 Å². The molecular formula is C22H22ClN3O2S. The number of hydrogen-bond acceptors (Lipinski definition) is 3. The summed E-state index contributed by atoms with van der Waals surface area (Å²) in [4.78, 5) is 0.297. The highest BCUT2D eigenvalue weighted by Crippen LogP contribution is 2.44. The number of rotatable bonds is 2. The first kappa shape index (κ1) is 18.7. The third kappa shape index (κ3) is 2.89. The fourth-order valence-electron chi connectivity index (χ4n) is 4.57. The van der Waals surface area contributed by atoms with E-state index in [1.165, 1.54) is 5.69 Å². The van der Waals surface area contributed by atoms with Crippen molar-refractivity contribution in [2.24, 2.45) is 0 Å². The van der Waals surface area contributed by atoms with E-state index in [9.17, 15) is 8.42 Å². The summed E-state index contributed by atoms with van der Waals surface area (Å²) in [6.07, 6.45) is 3.48. The quantitative estimate of drug-likeness (QED) is 0.653. The fourth-order valence-corrected chi connectivity index (χ4v) is 6.50. The van der Waals surface area contributed by atoms with Gasteiger partial charge in [0.1, 0.15) is 0 Å². The van der Waals surface area contributed by atoms with Gasteiger partial charge < -0.3 is 9.88 Å². The van der Waals surface area contributed by atoms with Crippen LogP contribution in [0.5, 0.6) is 0 Å². The Hall–Kier alpha value is -2.28. The van der Waals surface area contributed by atoms with Gasteiger partial charge in [-0.1, -0.05) is 29.8 Å². The molecule has 3 aromatic rings. The van der Waals surface area contributed by atoms with Gasteiger partial charge in [-0.3, -0.25) is 0 Å². The normalized spacial score (nSPS) is 18.1. The zero-order chi connectivity index (χ0) is 20.2. The maximum Gasteiger partial charge on any atom is 0.243 e. The van der Waals surface area contributed by atoms with Crippen molar-refractivity contribution in [1.82, 2.24) is 8.87 Å². The first-order valence-electron chi connectivity index (χ1n) is 9.72. The minimum absolute atomic E-state index is 0.271. The molecule has 0 atom stereocenters. The Morgan fingerprint density at radius 1 is 1.03 bits per heavy atom. The molecule has 5 rings (SSSR count). The number of aromatic nitrogens is 1. The van der Waals surface area contributed by atoms with Crippen molar-refractivity contribution in [2.45, 2.75) is 30.2 Å². The number of benzene rings is 2. The van der Waals surface area contributed by atoms with E-state index in [0.29, 0.717) is 41.4 Å². The van der Waals surface area contributed by atoms with Crippen molar-refractivity contribution in [1.29, 1.82) is 0 Å². The van der Waals surface area contributed by atoms with Gasteiger partial charge in [-0.25, -0.2) is 8.42 Å². The molecule has 1 spiro atoms. The molecule has 1 N–H and O–H groups in total. The van der Waals surface area contributed by atoms with Crippen LogP contribution >= 0.6 is 11.6 Å². The van der Waals surface area contributed by atoms with Gasteiger partial charge in [-0.2, -0.15) is 4.31 Å². The largest absolute Gasteiger partial charge is 0.372 e. The zero-order valence-electron chi connectivity index (χ0n) is 16.1. The molecular weight excluding hydrogens is 406 g/mol. The highest BCUT2D eigenvalue weighted by atomic mass is 35.5. The number of sulfonamides is 1. The molecule has 0 unspecified atom stereocenters. The van der Waals surface area contributed by atoms with Crippen LogP contribution in [-0.2, 0) is 15.6 Å². The van der Waals surface area contributed by atoms with Gasteiger partial charge in [-0.15, -0.1) is 0 Å². The lowest BCUT2D eigenvalue weighted by Gasteiger charge is -2.46. The molecule has 1 fully saturated rings. The summed E-state index contributed by atoms with van der Waals surface area (Å²) in [5.41, 5.74) is 3.84. The number of piperidine rings is 1. The molecule has 2 aliphatic rings. The van der Waals surface area contributed by atoms with Crippen molar-refractivity contribution in [2.75, 3.05) is 18.4 Å². The van der Waals surface area contributed by atoms with Gasteiger partial charge in [0.2, 0.25) is 10.0 Å². The molecule has 5 nitrogen and oxygen atoms in total. The van der Waals surface area contributed by atoms with Crippen LogP contribution in [0.2, 0.25) is 5.02 Å². The second-order valence-electron chi connectivity index (χ2n) is 7.80. The second kappa shape index (κ2) is 6.62. The standard InChI is InChI=1S/C22H22ClN3O2S/c1-16-8-9-17(23)15-20(16)29(27,28)25-13-10-22(11-14-25)21-7-4-12-26(21)19-6-3-2-5-18(19)24-22/h2-9,12,15,24H,10-11,13-14H2,1H3. The van der Waals surface area contributed by atoms with Crippen LogP contribution in [0.3, 0.4) is 0 Å². The first-order chi connectivity index (χ1) is 13.9. The predicted octanol–water partition coefficient (Wildman–Crippen LogP) is 4.54. The van der Waals surface area contributed by atoms with Crippen molar-refractivity contribution in [3.63, 3.8) is 0 Å². The Morgan fingerprint density at radius 3 is 2.59 bits per heavy atom. The SMILES string of the molecule is Cc1ccc(Cl)cc1S(=O)(=O)N1CCC2(CC1)Nc1ccccc1-n1cccc12. The van der Waals surface area contributed by atoms with Gasteiger partial charge in [0.15, 0.2) is 0 Å². The number of nitrogens with zero attached hydrogens (tertiary/aromatic N) is 2. The molecule has 1 saturated heterocycles. The molecule has 0 radical (unpaired) electrons. The molecule has 3 heterocycles. The molecule has 1 aromatic heterocycles. The lowest BCUT2D eigenvalue weighted by molar-refractivity contribution is 0.247. The van der Waals surface area contributed by atoms with Crippen LogP contribution in [0.4, 0.5) is 5.69 Å². The molecule has 0 saturated carbocycles. The first-order valence-corrected chi connectivity index (χ1v) is 11.5. The molecule has 0 amide bonds. The van der Waals surface area contributed by atoms with Crippen LogP contribution in [-0.4, -0.2) is 30.4 Å². The molecule has 2 aliphatic heterocycles. The monoisotopic (exact) mass is 427 g/mol. The van der Waals surface area contributed by atoms with Crippen molar-refractivity contribution >= 4 is 27.3 Å². The van der Waals surface area contributed by atoms with Gasteiger partial charge >= 0.3 is 0 Å². The molecule has 0 bridgehead atoms. The lowest BCUT2D eigenvalue weighted by atomic mass is 9.83. The number of hydrogen-bond donors (Lipinski definition) is 1. The third-order valence-corrected chi connectivity index (χ3v) is 8.40. The summed E-state index contributed by atoms with van der Waals surface area (Å²) in [6.45, 7) is 2.71. The summed E-state index contributed by atoms with van der Waals surface area (Å²) in [5, 5.41) is 4.16. The summed E-state index contributed by atoms with van der Waals surface area (Å²) in [7, 11) is -3.58. The molecule has 0 aliphatic carbocycles. The van der Waals surface area contributed by atoms with Gasteiger partial charge in [0, 0.05) is 30.0 Å². The Kier molecular flexibility index (Phi) is 4.28. The van der Waals surface area contributed by atoms with Gasteiger partial charge in [-0.05, 0) is 61.7 Å². The Labute approximate surface area is 176 Å². The Morgan fingerprint density at radius 2 is 1.79 bits per heavy atom. The van der Waals surface area contributed by atoms with E-state index in [-0.39, 0.29) is 5.54 Å². The topological polar surface area (TPSA) is 54.3 Å². The van der Waals surface area contributed by atoms with E-state index >= 15 is 0 Å². The number of anilines is 1. The number of halogens is 1. The maximum absolute atomic E-state index is 13.3. The molecule has 7 heteroatoms. The third-order valence-electron chi connectivity index (χ3n) is 6.12. The van der Waals surface area contributed by atoms with Crippen LogP contribution in [0, 0.1) is 6.92 Å².